The van der Waals surface area contributed by atoms with Gasteiger partial charge in [-0.05, 0) is 43.7 Å². The van der Waals surface area contributed by atoms with Crippen molar-refractivity contribution in [3.63, 3.8) is 0 Å². The summed E-state index contributed by atoms with van der Waals surface area (Å²) in [6.07, 6.45) is 0. The third-order valence-corrected chi connectivity index (χ3v) is 4.32. The van der Waals surface area contributed by atoms with E-state index in [2.05, 4.69) is 11.4 Å². The Bertz CT molecular complexity index is 672. The van der Waals surface area contributed by atoms with Crippen LogP contribution < -0.4 is 5.32 Å². The average Bonchev–Trinajstić information content (AvgIpc) is 2.54. The van der Waals surface area contributed by atoms with Gasteiger partial charge in [0.2, 0.25) is 5.91 Å². The molecule has 0 saturated carbocycles. The number of benzene rings is 2. The molecule has 2 aromatic carbocycles. The van der Waals surface area contributed by atoms with Crippen LogP contribution in [-0.2, 0) is 4.79 Å². The molecule has 0 aliphatic carbocycles. The second-order valence-electron chi connectivity index (χ2n) is 5.12. The molecule has 1 unspecified atom stereocenters. The van der Waals surface area contributed by atoms with Gasteiger partial charge in [0, 0.05) is 4.90 Å². The van der Waals surface area contributed by atoms with Gasteiger partial charge in [-0.25, -0.2) is 0 Å². The molecule has 0 heterocycles. The molecular formula is C18H18N2OS. The summed E-state index contributed by atoms with van der Waals surface area (Å²) < 4.78 is 0. The second-order valence-corrected chi connectivity index (χ2v) is 6.17. The van der Waals surface area contributed by atoms with E-state index in [1.165, 1.54) is 17.3 Å². The fraction of sp³-hybridized carbons (Fsp3) is 0.222. The second kappa shape index (κ2) is 7.67. The number of nitrogens with zero attached hydrogens (tertiary/aromatic N) is 1. The van der Waals surface area contributed by atoms with Crippen molar-refractivity contribution in [1.82, 2.24) is 5.32 Å². The summed E-state index contributed by atoms with van der Waals surface area (Å²) >= 11 is 1.53. The van der Waals surface area contributed by atoms with Crippen LogP contribution in [0.4, 0.5) is 0 Å². The summed E-state index contributed by atoms with van der Waals surface area (Å²) in [6.45, 7) is 3.98. The first kappa shape index (κ1) is 16.1. The normalized spacial score (nSPS) is 11.5. The Morgan fingerprint density at radius 2 is 1.82 bits per heavy atom. The molecule has 22 heavy (non-hydrogen) atoms. The van der Waals surface area contributed by atoms with Crippen molar-refractivity contribution in [2.45, 2.75) is 24.8 Å². The van der Waals surface area contributed by atoms with Crippen molar-refractivity contribution < 1.29 is 4.79 Å². The number of rotatable bonds is 5. The highest BCUT2D eigenvalue weighted by Gasteiger charge is 2.10. The van der Waals surface area contributed by atoms with Gasteiger partial charge in [0.1, 0.15) is 0 Å². The number of amides is 1. The van der Waals surface area contributed by atoms with E-state index in [4.69, 9.17) is 5.26 Å². The van der Waals surface area contributed by atoms with Crippen molar-refractivity contribution in [2.24, 2.45) is 0 Å². The maximum atomic E-state index is 12.0. The van der Waals surface area contributed by atoms with Gasteiger partial charge >= 0.3 is 0 Å². The standard InChI is InChI=1S/C18H18N2OS/c1-13-3-9-17(10-4-13)22-12-18(21)20-14(2)16-7-5-15(11-19)6-8-16/h3-10,14H,12H2,1-2H3,(H,20,21). The van der Waals surface area contributed by atoms with E-state index in [0.29, 0.717) is 11.3 Å². The number of hydrogen-bond donors (Lipinski definition) is 1. The first-order valence-electron chi connectivity index (χ1n) is 7.07. The molecule has 0 saturated heterocycles. The van der Waals surface area contributed by atoms with Gasteiger partial charge in [0.15, 0.2) is 0 Å². The fourth-order valence-electron chi connectivity index (χ4n) is 2.00. The van der Waals surface area contributed by atoms with Crippen molar-refractivity contribution in [3.8, 4) is 6.07 Å². The molecular weight excluding hydrogens is 292 g/mol. The van der Waals surface area contributed by atoms with Crippen LogP contribution in [0, 0.1) is 18.3 Å². The molecule has 0 fully saturated rings. The first-order chi connectivity index (χ1) is 10.6. The molecule has 0 aliphatic heterocycles. The van der Waals surface area contributed by atoms with E-state index >= 15 is 0 Å². The summed E-state index contributed by atoms with van der Waals surface area (Å²) in [7, 11) is 0. The van der Waals surface area contributed by atoms with Crippen LogP contribution in [0.15, 0.2) is 53.4 Å². The molecule has 1 amide bonds. The van der Waals surface area contributed by atoms with Crippen molar-refractivity contribution in [1.29, 1.82) is 5.26 Å². The van der Waals surface area contributed by atoms with E-state index < -0.39 is 0 Å². The number of thioether (sulfide) groups is 1. The summed E-state index contributed by atoms with van der Waals surface area (Å²) in [4.78, 5) is 13.1. The summed E-state index contributed by atoms with van der Waals surface area (Å²) in [6, 6.07) is 17.4. The first-order valence-corrected chi connectivity index (χ1v) is 8.06. The fourth-order valence-corrected chi connectivity index (χ4v) is 2.71. The number of nitriles is 1. The van der Waals surface area contributed by atoms with Gasteiger partial charge in [-0.2, -0.15) is 5.26 Å². The van der Waals surface area contributed by atoms with Gasteiger partial charge in [-0.15, -0.1) is 11.8 Å². The Kier molecular flexibility index (Phi) is 5.62. The number of carbonyl (C=O) groups excluding carboxylic acids is 1. The van der Waals surface area contributed by atoms with E-state index in [1.807, 2.05) is 50.2 Å². The Labute approximate surface area is 135 Å². The summed E-state index contributed by atoms with van der Waals surface area (Å²) in [5.74, 6) is 0.395. The van der Waals surface area contributed by atoms with Crippen LogP contribution in [0.3, 0.4) is 0 Å². The quantitative estimate of drug-likeness (QED) is 0.854. The van der Waals surface area contributed by atoms with E-state index in [-0.39, 0.29) is 11.9 Å². The van der Waals surface area contributed by atoms with Crippen LogP contribution in [0.25, 0.3) is 0 Å². The molecule has 1 N–H and O–H groups in total. The van der Waals surface area contributed by atoms with Crippen LogP contribution >= 0.6 is 11.8 Å². The van der Waals surface area contributed by atoms with E-state index in [9.17, 15) is 4.79 Å². The van der Waals surface area contributed by atoms with Gasteiger partial charge < -0.3 is 5.32 Å². The largest absolute Gasteiger partial charge is 0.349 e. The minimum Gasteiger partial charge on any atom is -0.349 e. The molecule has 0 aliphatic rings. The molecule has 0 spiro atoms. The molecule has 2 rings (SSSR count). The maximum Gasteiger partial charge on any atom is 0.230 e. The lowest BCUT2D eigenvalue weighted by Gasteiger charge is -2.14. The van der Waals surface area contributed by atoms with Gasteiger partial charge in [0.25, 0.3) is 0 Å². The molecule has 112 valence electrons. The van der Waals surface area contributed by atoms with Crippen molar-refractivity contribution in [2.75, 3.05) is 5.75 Å². The predicted octanol–water partition coefficient (Wildman–Crippen LogP) is 3.84. The summed E-state index contributed by atoms with van der Waals surface area (Å²) in [5, 5.41) is 11.8. The Hall–Kier alpha value is -2.25. The highest BCUT2D eigenvalue weighted by molar-refractivity contribution is 8.00. The number of nitrogens with one attached hydrogen (secondary N) is 1. The molecule has 0 aromatic heterocycles. The minimum atomic E-state index is -0.0705. The maximum absolute atomic E-state index is 12.0. The summed E-state index contributed by atoms with van der Waals surface area (Å²) in [5.41, 5.74) is 2.83. The van der Waals surface area contributed by atoms with Crippen LogP contribution in [0.1, 0.15) is 29.7 Å². The predicted molar refractivity (Wildman–Crippen MR) is 89.6 cm³/mol. The minimum absolute atomic E-state index is 0.00225. The third-order valence-electron chi connectivity index (χ3n) is 3.31. The Morgan fingerprint density at radius 1 is 1.18 bits per heavy atom. The lowest BCUT2D eigenvalue weighted by atomic mass is 10.1. The highest BCUT2D eigenvalue weighted by Crippen LogP contribution is 2.19. The SMILES string of the molecule is Cc1ccc(SCC(=O)NC(C)c2ccc(C#N)cc2)cc1. The third kappa shape index (κ3) is 4.64. The lowest BCUT2D eigenvalue weighted by molar-refractivity contribution is -0.119. The Morgan fingerprint density at radius 3 is 2.41 bits per heavy atom. The van der Waals surface area contributed by atoms with E-state index in [1.54, 1.807) is 12.1 Å². The van der Waals surface area contributed by atoms with Crippen LogP contribution in [0.5, 0.6) is 0 Å². The number of carbonyl (C=O) groups is 1. The molecule has 0 radical (unpaired) electrons. The smallest absolute Gasteiger partial charge is 0.230 e. The molecule has 3 nitrogen and oxygen atoms in total. The highest BCUT2D eigenvalue weighted by atomic mass is 32.2. The Balaban J connectivity index is 1.85. The zero-order valence-corrected chi connectivity index (χ0v) is 13.5. The van der Waals surface area contributed by atoms with Gasteiger partial charge in [-0.3, -0.25) is 4.79 Å². The van der Waals surface area contributed by atoms with Crippen LogP contribution in [0.2, 0.25) is 0 Å². The molecule has 4 heteroatoms. The van der Waals surface area contributed by atoms with Gasteiger partial charge in [-0.1, -0.05) is 29.8 Å². The zero-order chi connectivity index (χ0) is 15.9. The van der Waals surface area contributed by atoms with Crippen molar-refractivity contribution >= 4 is 17.7 Å². The van der Waals surface area contributed by atoms with Crippen molar-refractivity contribution in [3.05, 3.63) is 65.2 Å². The van der Waals surface area contributed by atoms with Gasteiger partial charge in [0.05, 0.1) is 23.4 Å². The molecule has 2 aromatic rings. The monoisotopic (exact) mass is 310 g/mol. The zero-order valence-electron chi connectivity index (χ0n) is 12.7. The molecule has 1 atom stereocenters. The van der Waals surface area contributed by atoms with Crippen LogP contribution in [-0.4, -0.2) is 11.7 Å². The number of aryl methyl sites for hydroxylation is 1. The lowest BCUT2D eigenvalue weighted by Crippen LogP contribution is -2.28. The van der Waals surface area contributed by atoms with E-state index in [0.717, 1.165) is 10.5 Å². The topological polar surface area (TPSA) is 52.9 Å². The average molecular weight is 310 g/mol. The number of hydrogen-bond acceptors (Lipinski definition) is 3. The molecule has 0 bridgehead atoms.